The molecule has 5 nitrogen and oxygen atoms in total. The van der Waals surface area contributed by atoms with Crippen LogP contribution in [0.4, 0.5) is 0 Å². The van der Waals surface area contributed by atoms with E-state index in [0.717, 1.165) is 22.3 Å². The molecule has 0 unspecified atom stereocenters. The van der Waals surface area contributed by atoms with Gasteiger partial charge in [0.05, 0.1) is 16.8 Å². The highest BCUT2D eigenvalue weighted by molar-refractivity contribution is 8.00. The fourth-order valence-electron chi connectivity index (χ4n) is 2.78. The third kappa shape index (κ3) is 3.68. The Morgan fingerprint density at radius 1 is 0.821 bits per heavy atom. The number of Topliss-reactive ketones (excluding diaryl/α,β-unsaturated/α-hetero) is 1. The van der Waals surface area contributed by atoms with Crippen LogP contribution in [0.1, 0.15) is 10.4 Å². The lowest BCUT2D eigenvalue weighted by Gasteiger charge is -2.10. The van der Waals surface area contributed by atoms with Gasteiger partial charge in [-0.05, 0) is 30.3 Å². The first-order chi connectivity index (χ1) is 13.6. The number of phenolic OH excluding ortho intramolecular Hbond substituents is 2. The molecule has 0 aliphatic carbocycles. The lowest BCUT2D eigenvalue weighted by Crippen LogP contribution is -2.03. The summed E-state index contributed by atoms with van der Waals surface area (Å²) in [6, 6.07) is 21.4. The molecule has 6 heteroatoms. The number of hydrogen-bond acceptors (Lipinski definition) is 6. The van der Waals surface area contributed by atoms with E-state index in [9.17, 15) is 15.0 Å². The molecule has 0 radical (unpaired) electrons. The predicted octanol–water partition coefficient (Wildman–Crippen LogP) is 4.68. The van der Waals surface area contributed by atoms with E-state index in [4.69, 9.17) is 9.97 Å². The van der Waals surface area contributed by atoms with Gasteiger partial charge >= 0.3 is 0 Å². The third-order valence-corrected chi connectivity index (χ3v) is 5.19. The summed E-state index contributed by atoms with van der Waals surface area (Å²) in [6.07, 6.45) is 0. The Morgan fingerprint density at radius 2 is 1.50 bits per heavy atom. The molecule has 0 bridgehead atoms. The number of carbonyl (C=O) groups excluding carboxylic acids is 1. The van der Waals surface area contributed by atoms with Gasteiger partial charge in [-0.1, -0.05) is 54.2 Å². The zero-order valence-electron chi connectivity index (χ0n) is 14.7. The lowest BCUT2D eigenvalue weighted by atomic mass is 10.1. The lowest BCUT2D eigenvalue weighted by molar-refractivity contribution is 0.102. The van der Waals surface area contributed by atoms with Crippen molar-refractivity contribution in [3.63, 3.8) is 0 Å². The number of hydrogen-bond donors (Lipinski definition) is 2. The summed E-state index contributed by atoms with van der Waals surface area (Å²) in [5.41, 5.74) is 3.54. The summed E-state index contributed by atoms with van der Waals surface area (Å²) in [7, 11) is 0. The fourth-order valence-corrected chi connectivity index (χ4v) is 3.68. The van der Waals surface area contributed by atoms with Crippen LogP contribution < -0.4 is 0 Å². The largest absolute Gasteiger partial charge is 0.504 e. The molecule has 0 saturated heterocycles. The van der Waals surface area contributed by atoms with Gasteiger partial charge in [0.25, 0.3) is 0 Å². The maximum absolute atomic E-state index is 12.5. The molecule has 3 aromatic carbocycles. The summed E-state index contributed by atoms with van der Waals surface area (Å²) in [6.45, 7) is 0. The van der Waals surface area contributed by atoms with E-state index >= 15 is 0 Å². The van der Waals surface area contributed by atoms with Crippen molar-refractivity contribution in [2.24, 2.45) is 0 Å². The highest BCUT2D eigenvalue weighted by atomic mass is 32.2. The van der Waals surface area contributed by atoms with E-state index < -0.39 is 0 Å². The smallest absolute Gasteiger partial charge is 0.173 e. The summed E-state index contributed by atoms with van der Waals surface area (Å²) >= 11 is 1.30. The van der Waals surface area contributed by atoms with Crippen molar-refractivity contribution < 1.29 is 15.0 Å². The van der Waals surface area contributed by atoms with Gasteiger partial charge < -0.3 is 10.2 Å². The van der Waals surface area contributed by atoms with Gasteiger partial charge in [0.15, 0.2) is 17.3 Å². The van der Waals surface area contributed by atoms with Crippen LogP contribution in [0.25, 0.3) is 22.3 Å². The molecule has 0 fully saturated rings. The molecule has 1 heterocycles. The van der Waals surface area contributed by atoms with Gasteiger partial charge in [-0.25, -0.2) is 9.97 Å². The minimum atomic E-state index is -0.314. The van der Waals surface area contributed by atoms with Crippen molar-refractivity contribution in [3.8, 4) is 22.8 Å². The van der Waals surface area contributed by atoms with Crippen LogP contribution in [0.3, 0.4) is 0 Å². The molecule has 4 rings (SSSR count). The average Bonchev–Trinajstić information content (AvgIpc) is 2.74. The molecule has 2 N–H and O–H groups in total. The first-order valence-electron chi connectivity index (χ1n) is 8.62. The second kappa shape index (κ2) is 7.70. The first-order valence-corrected chi connectivity index (χ1v) is 9.60. The standard InChI is InChI=1S/C22H16N2O3S/c25-18-11-10-15(12-19(18)26)20(27)13-28-22-21(14-6-2-1-3-7-14)23-16-8-4-5-9-17(16)24-22/h1-12,25-26H,13H2. The van der Waals surface area contributed by atoms with E-state index in [2.05, 4.69) is 0 Å². The third-order valence-electron chi connectivity index (χ3n) is 4.22. The first kappa shape index (κ1) is 18.0. The van der Waals surface area contributed by atoms with Crippen molar-refractivity contribution in [2.75, 3.05) is 5.75 Å². The second-order valence-corrected chi connectivity index (χ2v) is 7.11. The topological polar surface area (TPSA) is 83.3 Å². The van der Waals surface area contributed by atoms with Crippen molar-refractivity contribution >= 4 is 28.6 Å². The van der Waals surface area contributed by atoms with Gasteiger partial charge in [0, 0.05) is 11.1 Å². The highest BCUT2D eigenvalue weighted by Crippen LogP contribution is 2.31. The zero-order valence-corrected chi connectivity index (χ0v) is 15.6. The Bertz CT molecular complexity index is 1160. The van der Waals surface area contributed by atoms with Gasteiger partial charge in [-0.3, -0.25) is 4.79 Å². The molecule has 0 aliphatic heterocycles. The maximum Gasteiger partial charge on any atom is 0.173 e. The van der Waals surface area contributed by atoms with Crippen molar-refractivity contribution in [2.45, 2.75) is 5.03 Å². The molecule has 0 aliphatic rings. The average molecular weight is 388 g/mol. The van der Waals surface area contributed by atoms with E-state index in [0.29, 0.717) is 10.6 Å². The van der Waals surface area contributed by atoms with Gasteiger partial charge in [0.2, 0.25) is 0 Å². The molecular weight excluding hydrogens is 372 g/mol. The molecule has 138 valence electrons. The molecule has 0 amide bonds. The molecule has 1 aromatic heterocycles. The predicted molar refractivity (Wildman–Crippen MR) is 110 cm³/mol. The Morgan fingerprint density at radius 3 is 2.21 bits per heavy atom. The summed E-state index contributed by atoms with van der Waals surface area (Å²) in [5.74, 6) is -0.603. The van der Waals surface area contributed by atoms with Gasteiger partial charge in [0.1, 0.15) is 10.7 Å². The van der Waals surface area contributed by atoms with Crippen LogP contribution in [-0.4, -0.2) is 31.7 Å². The molecule has 0 spiro atoms. The molecule has 0 saturated carbocycles. The summed E-state index contributed by atoms with van der Waals surface area (Å²) in [5, 5.41) is 19.7. The molecule has 0 atom stereocenters. The number of aromatic nitrogens is 2. The van der Waals surface area contributed by atoms with Crippen molar-refractivity contribution in [3.05, 3.63) is 78.4 Å². The van der Waals surface area contributed by atoms with E-state index in [1.807, 2.05) is 54.6 Å². The number of aromatic hydroxyl groups is 2. The Balaban J connectivity index is 1.67. The minimum Gasteiger partial charge on any atom is -0.504 e. The van der Waals surface area contributed by atoms with Crippen LogP contribution in [0.5, 0.6) is 11.5 Å². The molecular formula is C22H16N2O3S. The van der Waals surface area contributed by atoms with E-state index in [1.165, 1.54) is 30.0 Å². The van der Waals surface area contributed by atoms with Crippen LogP contribution >= 0.6 is 11.8 Å². The Kier molecular flexibility index (Phi) is 4.95. The summed E-state index contributed by atoms with van der Waals surface area (Å²) < 4.78 is 0. The summed E-state index contributed by atoms with van der Waals surface area (Å²) in [4.78, 5) is 22.0. The Hall–Kier alpha value is -3.38. The quantitative estimate of drug-likeness (QED) is 0.293. The van der Waals surface area contributed by atoms with Crippen LogP contribution in [0.15, 0.2) is 77.8 Å². The van der Waals surface area contributed by atoms with Crippen LogP contribution in [0.2, 0.25) is 0 Å². The normalized spacial score (nSPS) is 10.9. The fraction of sp³-hybridized carbons (Fsp3) is 0.0455. The number of ketones is 1. The molecule has 4 aromatic rings. The number of thioether (sulfide) groups is 1. The Labute approximate surface area is 165 Å². The number of rotatable bonds is 5. The van der Waals surface area contributed by atoms with Gasteiger partial charge in [-0.15, -0.1) is 0 Å². The SMILES string of the molecule is O=C(CSc1nc2ccccc2nc1-c1ccccc1)c1ccc(O)c(O)c1. The second-order valence-electron chi connectivity index (χ2n) is 6.15. The number of para-hydroxylation sites is 2. The monoisotopic (exact) mass is 388 g/mol. The number of phenols is 2. The van der Waals surface area contributed by atoms with Crippen LogP contribution in [-0.2, 0) is 0 Å². The molecule has 28 heavy (non-hydrogen) atoms. The number of nitrogens with zero attached hydrogens (tertiary/aromatic N) is 2. The zero-order chi connectivity index (χ0) is 19.5. The maximum atomic E-state index is 12.5. The van der Waals surface area contributed by atoms with Crippen molar-refractivity contribution in [1.82, 2.24) is 9.97 Å². The highest BCUT2D eigenvalue weighted by Gasteiger charge is 2.15. The number of fused-ring (bicyclic) bond motifs is 1. The number of benzene rings is 3. The van der Waals surface area contributed by atoms with Crippen LogP contribution in [0, 0.1) is 0 Å². The van der Waals surface area contributed by atoms with Crippen molar-refractivity contribution in [1.29, 1.82) is 0 Å². The van der Waals surface area contributed by atoms with Gasteiger partial charge in [-0.2, -0.15) is 0 Å². The van der Waals surface area contributed by atoms with E-state index in [1.54, 1.807) is 0 Å². The number of carbonyl (C=O) groups is 1. The van der Waals surface area contributed by atoms with E-state index in [-0.39, 0.29) is 23.0 Å². The minimum absolute atomic E-state index is 0.136.